The molecule has 0 fully saturated rings. The fraction of sp³-hybridized carbons (Fsp3) is 0.364. The van der Waals surface area contributed by atoms with Gasteiger partial charge in [0.2, 0.25) is 0 Å². The Kier molecular flexibility index (Phi) is 3.22. The van der Waals surface area contributed by atoms with Crippen LogP contribution in [0.4, 0.5) is 17.5 Å². The van der Waals surface area contributed by atoms with Crippen LogP contribution in [-0.2, 0) is 13.5 Å². The number of nitrogens with zero attached hydrogens (tertiary/aromatic N) is 4. The molecule has 0 atom stereocenters. The molecule has 0 aliphatic heterocycles. The van der Waals surface area contributed by atoms with Gasteiger partial charge < -0.3 is 11.1 Å². The van der Waals surface area contributed by atoms with Crippen molar-refractivity contribution in [2.45, 2.75) is 19.8 Å². The molecule has 17 heavy (non-hydrogen) atoms. The number of nitrogens with two attached hydrogens (primary N) is 1. The summed E-state index contributed by atoms with van der Waals surface area (Å²) in [5.41, 5.74) is 6.79. The van der Waals surface area contributed by atoms with E-state index in [-0.39, 0.29) is 0 Å². The van der Waals surface area contributed by atoms with Crippen molar-refractivity contribution in [1.29, 1.82) is 0 Å². The smallest absolute Gasteiger partial charge is 0.153 e. The van der Waals surface area contributed by atoms with E-state index < -0.39 is 0 Å². The molecule has 2 heterocycles. The Labute approximate surface area is 99.9 Å². The van der Waals surface area contributed by atoms with Crippen molar-refractivity contribution in [3.05, 3.63) is 24.2 Å². The van der Waals surface area contributed by atoms with Gasteiger partial charge in [0.1, 0.15) is 18.0 Å². The van der Waals surface area contributed by atoms with Gasteiger partial charge in [0, 0.05) is 24.9 Å². The SMILES string of the molecule is CCCc1c(N)ncnc1Nc1ccn(C)n1. The molecule has 2 aromatic rings. The van der Waals surface area contributed by atoms with Crippen LogP contribution in [0, 0.1) is 0 Å². The molecule has 0 radical (unpaired) electrons. The lowest BCUT2D eigenvalue weighted by molar-refractivity contribution is 0.770. The van der Waals surface area contributed by atoms with E-state index in [0.29, 0.717) is 5.82 Å². The van der Waals surface area contributed by atoms with Gasteiger partial charge in [-0.3, -0.25) is 4.68 Å². The number of rotatable bonds is 4. The first-order valence-electron chi connectivity index (χ1n) is 5.56. The Balaban J connectivity index is 2.28. The van der Waals surface area contributed by atoms with Gasteiger partial charge in [0.05, 0.1) is 0 Å². The van der Waals surface area contributed by atoms with Crippen LogP contribution in [0.25, 0.3) is 0 Å². The second-order valence-corrected chi connectivity index (χ2v) is 3.84. The van der Waals surface area contributed by atoms with Crippen molar-refractivity contribution >= 4 is 17.5 Å². The zero-order valence-electron chi connectivity index (χ0n) is 10.0. The monoisotopic (exact) mass is 232 g/mol. The third kappa shape index (κ3) is 2.52. The topological polar surface area (TPSA) is 81.6 Å². The quantitative estimate of drug-likeness (QED) is 0.834. The summed E-state index contributed by atoms with van der Waals surface area (Å²) in [6.07, 6.45) is 5.17. The van der Waals surface area contributed by atoms with E-state index in [2.05, 4.69) is 27.3 Å². The first-order chi connectivity index (χ1) is 8.20. The van der Waals surface area contributed by atoms with Crippen molar-refractivity contribution < 1.29 is 0 Å². The molecule has 90 valence electrons. The van der Waals surface area contributed by atoms with Gasteiger partial charge in [-0.2, -0.15) is 5.10 Å². The molecule has 0 bridgehead atoms. The molecule has 0 aromatic carbocycles. The zero-order chi connectivity index (χ0) is 12.3. The minimum atomic E-state index is 0.528. The predicted octanol–water partition coefficient (Wildman–Crippen LogP) is 1.49. The molecule has 0 aliphatic carbocycles. The van der Waals surface area contributed by atoms with E-state index >= 15 is 0 Å². The molecule has 0 saturated heterocycles. The van der Waals surface area contributed by atoms with E-state index in [0.717, 1.165) is 30.0 Å². The lowest BCUT2D eigenvalue weighted by Gasteiger charge is -2.09. The number of hydrogen-bond acceptors (Lipinski definition) is 5. The normalized spacial score (nSPS) is 10.5. The fourth-order valence-electron chi connectivity index (χ4n) is 1.63. The highest BCUT2D eigenvalue weighted by molar-refractivity contribution is 5.61. The van der Waals surface area contributed by atoms with Crippen LogP contribution in [-0.4, -0.2) is 19.7 Å². The molecular formula is C11H16N6. The molecule has 0 amide bonds. The summed E-state index contributed by atoms with van der Waals surface area (Å²) in [4.78, 5) is 8.22. The zero-order valence-corrected chi connectivity index (χ0v) is 10.0. The number of aromatic nitrogens is 4. The van der Waals surface area contributed by atoms with Crippen LogP contribution < -0.4 is 11.1 Å². The lowest BCUT2D eigenvalue weighted by Crippen LogP contribution is -2.05. The van der Waals surface area contributed by atoms with Crippen molar-refractivity contribution in [3.63, 3.8) is 0 Å². The van der Waals surface area contributed by atoms with E-state index in [1.165, 1.54) is 6.33 Å². The summed E-state index contributed by atoms with van der Waals surface area (Å²) in [7, 11) is 1.87. The Morgan fingerprint density at radius 1 is 1.41 bits per heavy atom. The number of hydrogen-bond donors (Lipinski definition) is 2. The second-order valence-electron chi connectivity index (χ2n) is 3.84. The second kappa shape index (κ2) is 4.82. The Bertz CT molecular complexity index is 504. The van der Waals surface area contributed by atoms with Gasteiger partial charge in [-0.05, 0) is 6.42 Å². The first-order valence-corrected chi connectivity index (χ1v) is 5.56. The van der Waals surface area contributed by atoms with Gasteiger partial charge in [0.15, 0.2) is 5.82 Å². The molecule has 3 N–H and O–H groups in total. The van der Waals surface area contributed by atoms with Gasteiger partial charge in [-0.1, -0.05) is 13.3 Å². The van der Waals surface area contributed by atoms with Crippen LogP contribution in [0.2, 0.25) is 0 Å². The van der Waals surface area contributed by atoms with E-state index in [9.17, 15) is 0 Å². The van der Waals surface area contributed by atoms with Crippen molar-refractivity contribution in [2.24, 2.45) is 7.05 Å². The number of nitrogens with one attached hydrogen (secondary N) is 1. The summed E-state index contributed by atoms with van der Waals surface area (Å²) < 4.78 is 1.73. The standard InChI is InChI=1S/C11H16N6/c1-3-4-8-10(12)13-7-14-11(8)15-9-5-6-17(2)16-9/h5-7H,3-4H2,1-2H3,(H3,12,13,14,15,16). The summed E-state index contributed by atoms with van der Waals surface area (Å²) in [6, 6.07) is 1.88. The maximum atomic E-state index is 5.85. The molecule has 0 aliphatic rings. The Morgan fingerprint density at radius 2 is 2.24 bits per heavy atom. The maximum absolute atomic E-state index is 5.85. The highest BCUT2D eigenvalue weighted by Crippen LogP contribution is 2.21. The summed E-state index contributed by atoms with van der Waals surface area (Å²) in [6.45, 7) is 2.09. The van der Waals surface area contributed by atoms with Crippen molar-refractivity contribution in [1.82, 2.24) is 19.7 Å². The van der Waals surface area contributed by atoms with Crippen molar-refractivity contribution in [2.75, 3.05) is 11.1 Å². The average molecular weight is 232 g/mol. The fourth-order valence-corrected chi connectivity index (χ4v) is 1.63. The van der Waals surface area contributed by atoms with Gasteiger partial charge in [-0.25, -0.2) is 9.97 Å². The van der Waals surface area contributed by atoms with Crippen LogP contribution >= 0.6 is 0 Å². The molecular weight excluding hydrogens is 216 g/mol. The lowest BCUT2D eigenvalue weighted by atomic mass is 10.1. The third-order valence-corrected chi connectivity index (χ3v) is 2.44. The molecule has 6 heteroatoms. The molecule has 0 saturated carbocycles. The van der Waals surface area contributed by atoms with Crippen LogP contribution in [0.3, 0.4) is 0 Å². The van der Waals surface area contributed by atoms with E-state index in [1.807, 2.05) is 19.3 Å². The maximum Gasteiger partial charge on any atom is 0.153 e. The largest absolute Gasteiger partial charge is 0.383 e. The predicted molar refractivity (Wildman–Crippen MR) is 66.9 cm³/mol. The van der Waals surface area contributed by atoms with Gasteiger partial charge >= 0.3 is 0 Å². The molecule has 2 rings (SSSR count). The first kappa shape index (κ1) is 11.4. The van der Waals surface area contributed by atoms with E-state index in [4.69, 9.17) is 5.73 Å². The van der Waals surface area contributed by atoms with Gasteiger partial charge in [-0.15, -0.1) is 0 Å². The van der Waals surface area contributed by atoms with Crippen LogP contribution in [0.15, 0.2) is 18.6 Å². The third-order valence-electron chi connectivity index (χ3n) is 2.44. The number of aryl methyl sites for hydroxylation is 1. The molecule has 2 aromatic heterocycles. The molecule has 6 nitrogen and oxygen atoms in total. The minimum absolute atomic E-state index is 0.528. The highest BCUT2D eigenvalue weighted by Gasteiger charge is 2.09. The summed E-state index contributed by atoms with van der Waals surface area (Å²) in [5.74, 6) is 2.02. The van der Waals surface area contributed by atoms with Crippen LogP contribution in [0.1, 0.15) is 18.9 Å². The Morgan fingerprint density at radius 3 is 2.88 bits per heavy atom. The van der Waals surface area contributed by atoms with Gasteiger partial charge in [0.25, 0.3) is 0 Å². The average Bonchev–Trinajstić information content (AvgIpc) is 2.69. The van der Waals surface area contributed by atoms with Crippen molar-refractivity contribution in [3.8, 4) is 0 Å². The molecule has 0 spiro atoms. The Hall–Kier alpha value is -2.11. The van der Waals surface area contributed by atoms with Crippen LogP contribution in [0.5, 0.6) is 0 Å². The summed E-state index contributed by atoms with van der Waals surface area (Å²) in [5, 5.41) is 7.40. The summed E-state index contributed by atoms with van der Waals surface area (Å²) >= 11 is 0. The highest BCUT2D eigenvalue weighted by atomic mass is 15.3. The minimum Gasteiger partial charge on any atom is -0.383 e. The van der Waals surface area contributed by atoms with E-state index in [1.54, 1.807) is 4.68 Å². The molecule has 0 unspecified atom stereocenters. The number of anilines is 3. The number of nitrogen functional groups attached to an aromatic ring is 1.